The minimum Gasteiger partial charge on any atom is -0.478 e. The first-order valence-corrected chi connectivity index (χ1v) is 10.3. The monoisotopic (exact) mass is 441 g/mol. The number of hydrogen-bond acceptors (Lipinski definition) is 4. The number of carbonyl (C=O) groups is 1. The van der Waals surface area contributed by atoms with Gasteiger partial charge in [-0.25, -0.2) is 4.79 Å². The Hall–Kier alpha value is -4.09. The highest BCUT2D eigenvalue weighted by atomic mass is 35.5. The Morgan fingerprint density at radius 1 is 0.812 bits per heavy atom. The molecule has 0 amide bonds. The Labute approximate surface area is 191 Å². The van der Waals surface area contributed by atoms with Crippen LogP contribution in [0.4, 0.5) is 22.7 Å². The summed E-state index contributed by atoms with van der Waals surface area (Å²) >= 11 is 5.90. The van der Waals surface area contributed by atoms with E-state index < -0.39 is 5.97 Å². The number of carboxylic acids is 1. The summed E-state index contributed by atoms with van der Waals surface area (Å²) in [7, 11) is 0. The molecule has 0 aliphatic heterocycles. The zero-order valence-corrected chi connectivity index (χ0v) is 17.8. The maximum atomic E-state index is 11.2. The second-order valence-corrected chi connectivity index (χ2v) is 7.38. The lowest BCUT2D eigenvalue weighted by Crippen LogP contribution is -2.09. The van der Waals surface area contributed by atoms with Crippen molar-refractivity contribution in [3.05, 3.63) is 119 Å². The molecule has 32 heavy (non-hydrogen) atoms. The molecular formula is C26H20ClN3O2. The molecule has 0 aliphatic rings. The lowest BCUT2D eigenvalue weighted by molar-refractivity contribution is 0.0697. The van der Waals surface area contributed by atoms with Gasteiger partial charge in [0.2, 0.25) is 0 Å². The molecule has 0 aromatic heterocycles. The first-order valence-electron chi connectivity index (χ1n) is 9.94. The van der Waals surface area contributed by atoms with Gasteiger partial charge in [-0.05, 0) is 60.2 Å². The molecule has 0 heterocycles. The number of hydrazone groups is 1. The van der Waals surface area contributed by atoms with Crippen molar-refractivity contribution in [2.45, 2.75) is 0 Å². The number of benzene rings is 4. The van der Waals surface area contributed by atoms with Crippen molar-refractivity contribution in [1.29, 1.82) is 0 Å². The molecule has 4 aromatic rings. The molecule has 0 aliphatic carbocycles. The molecule has 0 radical (unpaired) electrons. The van der Waals surface area contributed by atoms with Crippen molar-refractivity contribution in [2.75, 3.05) is 10.3 Å². The van der Waals surface area contributed by atoms with Crippen LogP contribution in [0.5, 0.6) is 0 Å². The van der Waals surface area contributed by atoms with E-state index in [1.54, 1.807) is 12.3 Å². The van der Waals surface area contributed by atoms with Gasteiger partial charge in [-0.2, -0.15) is 5.10 Å². The topological polar surface area (TPSA) is 64.9 Å². The number of para-hydroxylation sites is 2. The van der Waals surface area contributed by atoms with Gasteiger partial charge < -0.3 is 10.0 Å². The molecule has 0 saturated heterocycles. The van der Waals surface area contributed by atoms with Gasteiger partial charge in [-0.15, -0.1) is 0 Å². The highest BCUT2D eigenvalue weighted by Crippen LogP contribution is 2.33. The highest BCUT2D eigenvalue weighted by molar-refractivity contribution is 6.33. The van der Waals surface area contributed by atoms with Gasteiger partial charge in [0.05, 0.1) is 22.5 Å². The summed E-state index contributed by atoms with van der Waals surface area (Å²) in [5.41, 5.74) is 7.47. The first kappa shape index (κ1) is 21.2. The maximum Gasteiger partial charge on any atom is 0.337 e. The van der Waals surface area contributed by atoms with Crippen LogP contribution in [0, 0.1) is 0 Å². The fraction of sp³-hybridized carbons (Fsp3) is 0. The molecule has 4 rings (SSSR count). The fourth-order valence-electron chi connectivity index (χ4n) is 3.25. The third-order valence-corrected chi connectivity index (χ3v) is 5.11. The highest BCUT2D eigenvalue weighted by Gasteiger charge is 2.11. The van der Waals surface area contributed by atoms with Crippen LogP contribution in [0.3, 0.4) is 0 Å². The summed E-state index contributed by atoms with van der Waals surface area (Å²) in [5.74, 6) is -1.08. The number of anilines is 4. The Balaban J connectivity index is 1.53. The van der Waals surface area contributed by atoms with Crippen LogP contribution in [0.2, 0.25) is 5.02 Å². The molecule has 158 valence electrons. The van der Waals surface area contributed by atoms with Crippen LogP contribution < -0.4 is 10.3 Å². The molecule has 0 saturated carbocycles. The van der Waals surface area contributed by atoms with Gasteiger partial charge in [0.15, 0.2) is 0 Å². The van der Waals surface area contributed by atoms with Crippen molar-refractivity contribution in [3.8, 4) is 0 Å². The second kappa shape index (κ2) is 9.81. The van der Waals surface area contributed by atoms with Crippen molar-refractivity contribution < 1.29 is 9.90 Å². The average molecular weight is 442 g/mol. The minimum atomic E-state index is -1.08. The number of carboxylic acid groups (broad SMARTS) is 1. The molecular weight excluding hydrogens is 422 g/mol. The molecule has 0 unspecified atom stereocenters. The lowest BCUT2D eigenvalue weighted by Gasteiger charge is -2.25. The van der Waals surface area contributed by atoms with Crippen molar-refractivity contribution in [2.24, 2.45) is 5.10 Å². The van der Waals surface area contributed by atoms with E-state index in [0.29, 0.717) is 5.69 Å². The van der Waals surface area contributed by atoms with Crippen LogP contribution in [0.25, 0.3) is 0 Å². The number of rotatable bonds is 7. The number of nitrogens with one attached hydrogen (secondary N) is 1. The predicted octanol–water partition coefficient (Wildman–Crippen LogP) is 6.95. The Kier molecular flexibility index (Phi) is 6.49. The van der Waals surface area contributed by atoms with Gasteiger partial charge in [-0.1, -0.05) is 60.1 Å². The molecule has 0 bridgehead atoms. The van der Waals surface area contributed by atoms with E-state index in [9.17, 15) is 9.90 Å². The molecule has 0 fully saturated rings. The normalized spacial score (nSPS) is 10.8. The smallest absolute Gasteiger partial charge is 0.337 e. The molecule has 4 aromatic carbocycles. The van der Waals surface area contributed by atoms with E-state index in [1.807, 2.05) is 60.7 Å². The zero-order valence-electron chi connectivity index (χ0n) is 17.0. The summed E-state index contributed by atoms with van der Waals surface area (Å²) in [5, 5.41) is 13.6. The van der Waals surface area contributed by atoms with Gasteiger partial charge >= 0.3 is 5.97 Å². The van der Waals surface area contributed by atoms with Crippen molar-refractivity contribution in [1.82, 2.24) is 0 Å². The number of nitrogens with zero attached hydrogens (tertiary/aromatic N) is 2. The van der Waals surface area contributed by atoms with E-state index in [1.165, 1.54) is 12.1 Å². The van der Waals surface area contributed by atoms with Gasteiger partial charge in [0.25, 0.3) is 0 Å². The SMILES string of the molecule is O=C(O)c1cc(N/N=C\c2ccc(N(c3ccccc3)c3ccccc3)cc2)ccc1Cl. The van der Waals surface area contributed by atoms with Crippen molar-refractivity contribution in [3.63, 3.8) is 0 Å². The van der Waals surface area contributed by atoms with Crippen LogP contribution in [-0.2, 0) is 0 Å². The molecule has 6 heteroatoms. The summed E-state index contributed by atoms with van der Waals surface area (Å²) in [4.78, 5) is 13.4. The molecule has 2 N–H and O–H groups in total. The first-order chi connectivity index (χ1) is 15.6. The Bertz CT molecular complexity index is 1190. The van der Waals surface area contributed by atoms with Crippen LogP contribution in [-0.4, -0.2) is 17.3 Å². The predicted molar refractivity (Wildman–Crippen MR) is 131 cm³/mol. The summed E-state index contributed by atoms with van der Waals surface area (Å²) in [6, 6.07) is 33.0. The standard InChI is InChI=1S/C26H20ClN3O2/c27-25-16-13-20(17-24(25)26(31)32)29-28-18-19-11-14-23(15-12-19)30(21-7-3-1-4-8-21)22-9-5-2-6-10-22/h1-18,29H,(H,31,32)/b28-18-. The average Bonchev–Trinajstić information content (AvgIpc) is 2.82. The number of hydrogen-bond donors (Lipinski definition) is 2. The van der Waals surface area contributed by atoms with E-state index in [4.69, 9.17) is 11.6 Å². The third-order valence-electron chi connectivity index (χ3n) is 4.78. The van der Waals surface area contributed by atoms with E-state index in [-0.39, 0.29) is 10.6 Å². The third kappa shape index (κ3) is 4.96. The summed E-state index contributed by atoms with van der Waals surface area (Å²) in [6.07, 6.45) is 1.67. The minimum absolute atomic E-state index is 0.0261. The van der Waals surface area contributed by atoms with Crippen molar-refractivity contribution >= 4 is 46.5 Å². The molecule has 0 atom stereocenters. The maximum absolute atomic E-state index is 11.2. The Morgan fingerprint density at radius 2 is 1.38 bits per heavy atom. The van der Waals surface area contributed by atoms with Crippen LogP contribution >= 0.6 is 11.6 Å². The fourth-order valence-corrected chi connectivity index (χ4v) is 3.45. The molecule has 0 spiro atoms. The Morgan fingerprint density at radius 3 is 1.94 bits per heavy atom. The quantitative estimate of drug-likeness (QED) is 0.240. The summed E-state index contributed by atoms with van der Waals surface area (Å²) < 4.78 is 0. The summed E-state index contributed by atoms with van der Waals surface area (Å²) in [6.45, 7) is 0. The van der Waals surface area contributed by atoms with E-state index >= 15 is 0 Å². The van der Waals surface area contributed by atoms with Crippen LogP contribution in [0.15, 0.2) is 108 Å². The molecule has 5 nitrogen and oxygen atoms in total. The van der Waals surface area contributed by atoms with Crippen LogP contribution in [0.1, 0.15) is 15.9 Å². The van der Waals surface area contributed by atoms with E-state index in [2.05, 4.69) is 39.7 Å². The van der Waals surface area contributed by atoms with Gasteiger partial charge in [-0.3, -0.25) is 5.43 Å². The lowest BCUT2D eigenvalue weighted by atomic mass is 10.1. The second-order valence-electron chi connectivity index (χ2n) is 6.97. The number of halogens is 1. The van der Waals surface area contributed by atoms with E-state index in [0.717, 1.165) is 22.6 Å². The zero-order chi connectivity index (χ0) is 22.3. The largest absolute Gasteiger partial charge is 0.478 e. The number of aromatic carboxylic acids is 1. The van der Waals surface area contributed by atoms with Gasteiger partial charge in [0, 0.05) is 17.1 Å². The van der Waals surface area contributed by atoms with Gasteiger partial charge in [0.1, 0.15) is 0 Å².